The van der Waals surface area contributed by atoms with Gasteiger partial charge in [0.05, 0.1) is 0 Å². The minimum Gasteiger partial charge on any atom is -0.0984 e. The Hall–Kier alpha value is -2.34. The highest BCUT2D eigenvalue weighted by molar-refractivity contribution is 5.82. The summed E-state index contributed by atoms with van der Waals surface area (Å²) in [4.78, 5) is 0. The SMILES string of the molecule is C=Cc1ccc(C2=CC=CCC2)cc1C(=C)/C=C\C=C/C. The zero-order valence-electron chi connectivity index (χ0n) is 12.7. The van der Waals surface area contributed by atoms with Gasteiger partial charge in [0, 0.05) is 0 Å². The molecule has 0 N–H and O–H groups in total. The van der Waals surface area contributed by atoms with Crippen molar-refractivity contribution in [3.63, 3.8) is 0 Å². The van der Waals surface area contributed by atoms with Crippen LogP contribution in [0, 0.1) is 0 Å². The molecule has 0 saturated heterocycles. The summed E-state index contributed by atoms with van der Waals surface area (Å²) in [6.07, 6.45) is 18.7. The quantitative estimate of drug-likeness (QED) is 0.560. The van der Waals surface area contributed by atoms with E-state index in [0.717, 1.165) is 29.5 Å². The van der Waals surface area contributed by atoms with E-state index >= 15 is 0 Å². The van der Waals surface area contributed by atoms with Crippen molar-refractivity contribution in [3.05, 3.63) is 90.6 Å². The van der Waals surface area contributed by atoms with Crippen LogP contribution >= 0.6 is 0 Å². The summed E-state index contributed by atoms with van der Waals surface area (Å²) >= 11 is 0. The first-order valence-corrected chi connectivity index (χ1v) is 7.37. The van der Waals surface area contributed by atoms with Crippen molar-refractivity contribution in [1.82, 2.24) is 0 Å². The number of hydrogen-bond acceptors (Lipinski definition) is 0. The van der Waals surface area contributed by atoms with Gasteiger partial charge in [0.2, 0.25) is 0 Å². The topological polar surface area (TPSA) is 0 Å². The van der Waals surface area contributed by atoms with E-state index < -0.39 is 0 Å². The van der Waals surface area contributed by atoms with E-state index in [1.54, 1.807) is 0 Å². The maximum Gasteiger partial charge on any atom is -0.0112 e. The van der Waals surface area contributed by atoms with E-state index in [1.807, 2.05) is 37.3 Å². The van der Waals surface area contributed by atoms with Gasteiger partial charge in [-0.05, 0) is 53.7 Å². The third kappa shape index (κ3) is 3.82. The van der Waals surface area contributed by atoms with Crippen LogP contribution in [0.1, 0.15) is 36.5 Å². The Morgan fingerprint density at radius 3 is 2.76 bits per heavy atom. The van der Waals surface area contributed by atoms with Gasteiger partial charge in [-0.1, -0.05) is 73.9 Å². The van der Waals surface area contributed by atoms with Crippen LogP contribution in [0.15, 0.2) is 73.9 Å². The summed E-state index contributed by atoms with van der Waals surface area (Å²) in [5.74, 6) is 0. The average molecular weight is 274 g/mol. The fourth-order valence-electron chi connectivity index (χ4n) is 2.43. The summed E-state index contributed by atoms with van der Waals surface area (Å²) in [5, 5.41) is 0. The van der Waals surface area contributed by atoms with Crippen molar-refractivity contribution in [2.75, 3.05) is 0 Å². The first-order chi connectivity index (χ1) is 10.3. The van der Waals surface area contributed by atoms with Gasteiger partial charge < -0.3 is 0 Å². The van der Waals surface area contributed by atoms with Gasteiger partial charge >= 0.3 is 0 Å². The molecule has 21 heavy (non-hydrogen) atoms. The molecular formula is C21H22. The van der Waals surface area contributed by atoms with E-state index in [2.05, 4.69) is 49.6 Å². The molecule has 0 amide bonds. The second kappa shape index (κ2) is 7.44. The molecule has 2 rings (SSSR count). The zero-order chi connectivity index (χ0) is 15.1. The Kier molecular flexibility index (Phi) is 5.34. The van der Waals surface area contributed by atoms with E-state index in [0.29, 0.717) is 0 Å². The van der Waals surface area contributed by atoms with Crippen LogP contribution in [-0.2, 0) is 0 Å². The normalized spacial score (nSPS) is 14.6. The van der Waals surface area contributed by atoms with Crippen molar-refractivity contribution >= 4 is 17.2 Å². The van der Waals surface area contributed by atoms with Gasteiger partial charge in [-0.15, -0.1) is 0 Å². The first kappa shape index (κ1) is 15.1. The van der Waals surface area contributed by atoms with Crippen LogP contribution in [-0.4, -0.2) is 0 Å². The molecule has 1 aliphatic carbocycles. The molecule has 0 bridgehead atoms. The molecule has 0 saturated carbocycles. The maximum atomic E-state index is 4.19. The van der Waals surface area contributed by atoms with Crippen LogP contribution in [0.25, 0.3) is 17.2 Å². The van der Waals surface area contributed by atoms with Crippen molar-refractivity contribution in [2.45, 2.75) is 19.8 Å². The van der Waals surface area contributed by atoms with Gasteiger partial charge in [0.15, 0.2) is 0 Å². The molecule has 0 heterocycles. The molecule has 0 heteroatoms. The Morgan fingerprint density at radius 1 is 1.24 bits per heavy atom. The molecule has 0 nitrogen and oxygen atoms in total. The van der Waals surface area contributed by atoms with Crippen LogP contribution in [0.3, 0.4) is 0 Å². The molecule has 0 spiro atoms. The second-order valence-electron chi connectivity index (χ2n) is 5.08. The maximum absolute atomic E-state index is 4.19. The lowest BCUT2D eigenvalue weighted by atomic mass is 9.91. The van der Waals surface area contributed by atoms with Gasteiger partial charge in [0.25, 0.3) is 0 Å². The van der Waals surface area contributed by atoms with Gasteiger partial charge in [-0.2, -0.15) is 0 Å². The minimum absolute atomic E-state index is 1.01. The van der Waals surface area contributed by atoms with E-state index in [1.165, 1.54) is 11.1 Å². The fourth-order valence-corrected chi connectivity index (χ4v) is 2.43. The van der Waals surface area contributed by atoms with Crippen molar-refractivity contribution < 1.29 is 0 Å². The lowest BCUT2D eigenvalue weighted by Gasteiger charge is -2.13. The molecule has 106 valence electrons. The van der Waals surface area contributed by atoms with Crippen LogP contribution in [0.5, 0.6) is 0 Å². The summed E-state index contributed by atoms with van der Waals surface area (Å²) < 4.78 is 0. The molecule has 0 fully saturated rings. The smallest absolute Gasteiger partial charge is 0.0112 e. The summed E-state index contributed by atoms with van der Waals surface area (Å²) in [7, 11) is 0. The van der Waals surface area contributed by atoms with E-state index in [-0.39, 0.29) is 0 Å². The van der Waals surface area contributed by atoms with Crippen molar-refractivity contribution in [3.8, 4) is 0 Å². The number of hydrogen-bond donors (Lipinski definition) is 0. The Labute approximate surface area is 128 Å². The standard InChI is InChI=1S/C21H22/c1-4-6-8-11-17(3)21-16-20(15-14-18(21)5-2)19-12-9-7-10-13-19/h4-9,11-12,14-16H,2-3,10,13H2,1H3/b6-4-,11-8-. The van der Waals surface area contributed by atoms with Crippen LogP contribution in [0.4, 0.5) is 0 Å². The number of rotatable bonds is 5. The zero-order valence-corrected chi connectivity index (χ0v) is 12.7. The Balaban J connectivity index is 2.38. The molecule has 0 aromatic heterocycles. The summed E-state index contributed by atoms with van der Waals surface area (Å²) in [6, 6.07) is 6.53. The van der Waals surface area contributed by atoms with E-state index in [4.69, 9.17) is 0 Å². The van der Waals surface area contributed by atoms with Crippen molar-refractivity contribution in [1.29, 1.82) is 0 Å². The van der Waals surface area contributed by atoms with Gasteiger partial charge in [-0.25, -0.2) is 0 Å². The monoisotopic (exact) mass is 274 g/mol. The highest BCUT2D eigenvalue weighted by Crippen LogP contribution is 2.28. The lowest BCUT2D eigenvalue weighted by Crippen LogP contribution is -1.92. The molecule has 1 aromatic rings. The highest BCUT2D eigenvalue weighted by Gasteiger charge is 2.08. The molecule has 1 aliphatic rings. The van der Waals surface area contributed by atoms with Crippen molar-refractivity contribution in [2.24, 2.45) is 0 Å². The van der Waals surface area contributed by atoms with E-state index in [9.17, 15) is 0 Å². The molecule has 0 atom stereocenters. The predicted molar refractivity (Wildman–Crippen MR) is 95.9 cm³/mol. The fraction of sp³-hybridized carbons (Fsp3) is 0.143. The average Bonchev–Trinajstić information content (AvgIpc) is 2.55. The first-order valence-electron chi connectivity index (χ1n) is 7.37. The molecule has 0 aliphatic heterocycles. The number of allylic oxidation sites excluding steroid dienone is 9. The second-order valence-corrected chi connectivity index (χ2v) is 5.08. The third-order valence-electron chi connectivity index (χ3n) is 3.60. The molecule has 0 unspecified atom stereocenters. The lowest BCUT2D eigenvalue weighted by molar-refractivity contribution is 1.05. The predicted octanol–water partition coefficient (Wildman–Crippen LogP) is 6.21. The molecule has 1 aromatic carbocycles. The minimum atomic E-state index is 1.01. The number of benzene rings is 1. The van der Waals surface area contributed by atoms with Gasteiger partial charge in [-0.3, -0.25) is 0 Å². The molecule has 0 radical (unpaired) electrons. The van der Waals surface area contributed by atoms with Crippen LogP contribution < -0.4 is 0 Å². The van der Waals surface area contributed by atoms with Crippen LogP contribution in [0.2, 0.25) is 0 Å². The molecular weight excluding hydrogens is 252 g/mol. The summed E-state index contributed by atoms with van der Waals surface area (Å²) in [5.41, 5.74) is 5.96. The summed E-state index contributed by atoms with van der Waals surface area (Å²) in [6.45, 7) is 10.1. The largest absolute Gasteiger partial charge is 0.0984 e. The Bertz CT molecular complexity index is 649. The van der Waals surface area contributed by atoms with Gasteiger partial charge in [0.1, 0.15) is 0 Å². The Morgan fingerprint density at radius 2 is 2.10 bits per heavy atom. The highest BCUT2D eigenvalue weighted by atomic mass is 14.1. The third-order valence-corrected chi connectivity index (χ3v) is 3.60.